The van der Waals surface area contributed by atoms with Gasteiger partial charge in [-0.25, -0.2) is 0 Å². The van der Waals surface area contributed by atoms with Crippen LogP contribution in [0.25, 0.3) is 0 Å². The monoisotopic (exact) mass is 407 g/mol. The first-order chi connectivity index (χ1) is 9.23. The van der Waals surface area contributed by atoms with Crippen LogP contribution in [0.15, 0.2) is 21.1 Å². The van der Waals surface area contributed by atoms with Gasteiger partial charge in [0, 0.05) is 6.54 Å². The molecule has 0 atom stereocenters. The predicted molar refractivity (Wildman–Crippen MR) is 85.9 cm³/mol. The number of hydrogen-bond acceptors (Lipinski definition) is 4. The van der Waals surface area contributed by atoms with Gasteiger partial charge in [0.05, 0.1) is 22.6 Å². The quantitative estimate of drug-likeness (QED) is 0.755. The third-order valence-corrected chi connectivity index (χ3v) is 3.46. The molecule has 1 rings (SSSR count). The zero-order valence-electron chi connectivity index (χ0n) is 12.0. The first-order valence-corrected chi connectivity index (χ1v) is 7.76. The Labute approximate surface area is 136 Å². The third-order valence-electron chi connectivity index (χ3n) is 2.28. The Bertz CT molecular complexity index is 461. The zero-order valence-corrected chi connectivity index (χ0v) is 15.2. The average molecular weight is 409 g/mol. The van der Waals surface area contributed by atoms with E-state index >= 15 is 0 Å². The molecule has 0 aliphatic heterocycles. The van der Waals surface area contributed by atoms with E-state index in [1.165, 1.54) is 0 Å². The summed E-state index contributed by atoms with van der Waals surface area (Å²) in [6.45, 7) is 6.30. The molecule has 20 heavy (non-hydrogen) atoms. The van der Waals surface area contributed by atoms with Crippen LogP contribution in [0, 0.1) is 0 Å². The van der Waals surface area contributed by atoms with Gasteiger partial charge in [-0.2, -0.15) is 0 Å². The van der Waals surface area contributed by atoms with Crippen molar-refractivity contribution in [2.75, 3.05) is 13.7 Å². The van der Waals surface area contributed by atoms with Gasteiger partial charge in [-0.15, -0.1) is 0 Å². The second-order valence-corrected chi connectivity index (χ2v) is 6.99. The molecule has 1 N–H and O–H groups in total. The Balaban J connectivity index is 2.53. The van der Waals surface area contributed by atoms with Crippen LogP contribution < -0.4 is 10.1 Å². The van der Waals surface area contributed by atoms with Gasteiger partial charge in [0.2, 0.25) is 0 Å². The van der Waals surface area contributed by atoms with E-state index in [0.717, 1.165) is 20.3 Å². The number of methoxy groups -OCH3 is 1. The highest BCUT2D eigenvalue weighted by atomic mass is 79.9. The molecule has 0 amide bonds. The third kappa shape index (κ3) is 5.81. The highest BCUT2D eigenvalue weighted by molar-refractivity contribution is 9.11. The Morgan fingerprint density at radius 2 is 1.80 bits per heavy atom. The van der Waals surface area contributed by atoms with Crippen molar-refractivity contribution in [2.24, 2.45) is 0 Å². The lowest BCUT2D eigenvalue weighted by Gasteiger charge is -2.19. The molecule has 0 radical (unpaired) electrons. The molecule has 6 heteroatoms. The maximum atomic E-state index is 11.6. The van der Waals surface area contributed by atoms with Crippen LogP contribution in [0.4, 0.5) is 0 Å². The molecular formula is C14H19Br2NO3. The van der Waals surface area contributed by atoms with Crippen molar-refractivity contribution in [3.8, 4) is 5.75 Å². The van der Waals surface area contributed by atoms with Gasteiger partial charge >= 0.3 is 5.97 Å². The predicted octanol–water partition coefficient (Wildman–Crippen LogP) is 3.65. The molecule has 0 spiro atoms. The van der Waals surface area contributed by atoms with Gasteiger partial charge in [-0.1, -0.05) is 0 Å². The molecule has 1 aromatic rings. The second-order valence-electron chi connectivity index (χ2n) is 5.28. The largest absolute Gasteiger partial charge is 0.494 e. The number of rotatable bonds is 5. The summed E-state index contributed by atoms with van der Waals surface area (Å²) in [6, 6.07) is 3.90. The van der Waals surface area contributed by atoms with E-state index in [1.807, 2.05) is 32.9 Å². The molecular weight excluding hydrogens is 390 g/mol. The number of halogens is 2. The molecule has 0 bridgehead atoms. The molecule has 1 aromatic carbocycles. The fraction of sp³-hybridized carbons (Fsp3) is 0.500. The highest BCUT2D eigenvalue weighted by Crippen LogP contribution is 2.34. The highest BCUT2D eigenvalue weighted by Gasteiger charge is 2.15. The molecule has 0 heterocycles. The fourth-order valence-corrected chi connectivity index (χ4v) is 3.20. The Kier molecular flexibility index (Phi) is 6.48. The van der Waals surface area contributed by atoms with Crippen molar-refractivity contribution in [3.05, 3.63) is 26.6 Å². The Morgan fingerprint density at radius 3 is 2.25 bits per heavy atom. The van der Waals surface area contributed by atoms with Gasteiger partial charge in [0.15, 0.2) is 0 Å². The van der Waals surface area contributed by atoms with Crippen molar-refractivity contribution in [1.82, 2.24) is 5.32 Å². The van der Waals surface area contributed by atoms with E-state index in [-0.39, 0.29) is 12.5 Å². The summed E-state index contributed by atoms with van der Waals surface area (Å²) in [7, 11) is 1.62. The van der Waals surface area contributed by atoms with Crippen LogP contribution in [0.3, 0.4) is 0 Å². The van der Waals surface area contributed by atoms with Gasteiger partial charge in [0.1, 0.15) is 11.4 Å². The Hall–Kier alpha value is -0.590. The molecule has 0 saturated carbocycles. The van der Waals surface area contributed by atoms with E-state index in [2.05, 4.69) is 37.2 Å². The number of benzene rings is 1. The van der Waals surface area contributed by atoms with Crippen LogP contribution in [0.5, 0.6) is 5.75 Å². The molecule has 0 aliphatic rings. The lowest BCUT2D eigenvalue weighted by molar-refractivity contribution is -0.153. The van der Waals surface area contributed by atoms with Crippen molar-refractivity contribution in [2.45, 2.75) is 32.9 Å². The number of esters is 1. The van der Waals surface area contributed by atoms with Crippen LogP contribution in [0.2, 0.25) is 0 Å². The van der Waals surface area contributed by atoms with Gasteiger partial charge in [-0.05, 0) is 70.3 Å². The minimum Gasteiger partial charge on any atom is -0.494 e. The average Bonchev–Trinajstić information content (AvgIpc) is 2.26. The number of hydrogen-bond donors (Lipinski definition) is 1. The summed E-state index contributed by atoms with van der Waals surface area (Å²) in [5.74, 6) is 0.491. The summed E-state index contributed by atoms with van der Waals surface area (Å²) >= 11 is 6.89. The molecule has 0 aromatic heterocycles. The van der Waals surface area contributed by atoms with Gasteiger partial charge in [0.25, 0.3) is 0 Å². The first kappa shape index (κ1) is 17.5. The fourth-order valence-electron chi connectivity index (χ4n) is 1.60. The molecule has 0 unspecified atom stereocenters. The summed E-state index contributed by atoms with van der Waals surface area (Å²) in [6.07, 6.45) is 0. The smallest absolute Gasteiger partial charge is 0.320 e. The number of ether oxygens (including phenoxy) is 2. The van der Waals surface area contributed by atoms with Crippen molar-refractivity contribution >= 4 is 37.8 Å². The van der Waals surface area contributed by atoms with Crippen LogP contribution in [0.1, 0.15) is 26.3 Å². The lowest BCUT2D eigenvalue weighted by atomic mass is 10.2. The summed E-state index contributed by atoms with van der Waals surface area (Å²) in [5, 5.41) is 3.06. The normalized spacial score (nSPS) is 11.3. The van der Waals surface area contributed by atoms with Crippen molar-refractivity contribution in [3.63, 3.8) is 0 Å². The topological polar surface area (TPSA) is 47.6 Å². The SMILES string of the molecule is COc1c(Br)cc(CNCC(=O)OC(C)(C)C)cc1Br. The number of carbonyl (C=O) groups excluding carboxylic acids is 1. The summed E-state index contributed by atoms with van der Waals surface area (Å²) in [5.41, 5.74) is 0.582. The minimum absolute atomic E-state index is 0.179. The molecule has 0 aliphatic carbocycles. The molecule has 4 nitrogen and oxygen atoms in total. The van der Waals surface area contributed by atoms with Crippen molar-refractivity contribution in [1.29, 1.82) is 0 Å². The first-order valence-electron chi connectivity index (χ1n) is 6.17. The lowest BCUT2D eigenvalue weighted by Crippen LogP contribution is -2.31. The zero-order chi connectivity index (χ0) is 15.3. The Morgan fingerprint density at radius 1 is 1.25 bits per heavy atom. The van der Waals surface area contributed by atoms with Crippen LogP contribution >= 0.6 is 31.9 Å². The minimum atomic E-state index is -0.453. The van der Waals surface area contributed by atoms with E-state index in [4.69, 9.17) is 9.47 Å². The van der Waals surface area contributed by atoms with Crippen LogP contribution in [-0.4, -0.2) is 25.2 Å². The van der Waals surface area contributed by atoms with E-state index < -0.39 is 5.60 Å². The summed E-state index contributed by atoms with van der Waals surface area (Å²) in [4.78, 5) is 11.6. The van der Waals surface area contributed by atoms with Gasteiger partial charge < -0.3 is 14.8 Å². The van der Waals surface area contributed by atoms with E-state index in [9.17, 15) is 4.79 Å². The van der Waals surface area contributed by atoms with Crippen molar-refractivity contribution < 1.29 is 14.3 Å². The molecule has 0 saturated heterocycles. The molecule has 0 fully saturated rings. The molecule has 112 valence electrons. The van der Waals surface area contributed by atoms with Gasteiger partial charge in [-0.3, -0.25) is 4.79 Å². The number of nitrogens with one attached hydrogen (secondary N) is 1. The van der Waals surface area contributed by atoms with E-state index in [0.29, 0.717) is 6.54 Å². The standard InChI is InChI=1S/C14H19Br2NO3/c1-14(2,3)20-12(18)8-17-7-9-5-10(15)13(19-4)11(16)6-9/h5-6,17H,7-8H2,1-4H3. The second kappa shape index (κ2) is 7.43. The van der Waals surface area contributed by atoms with E-state index in [1.54, 1.807) is 7.11 Å². The summed E-state index contributed by atoms with van der Waals surface area (Å²) < 4.78 is 12.2. The van der Waals surface area contributed by atoms with Crippen LogP contribution in [-0.2, 0) is 16.1 Å². The number of carbonyl (C=O) groups is 1. The maximum absolute atomic E-state index is 11.6. The maximum Gasteiger partial charge on any atom is 0.320 e.